The molecular weight excluding hydrogens is 276 g/mol. The third kappa shape index (κ3) is 3.74. The smallest absolute Gasteiger partial charge is 0.266 e. The number of nitrogens with zero attached hydrogens (tertiary/aromatic N) is 1. The fourth-order valence-electron chi connectivity index (χ4n) is 1.93. The molecule has 0 aromatic heterocycles. The first-order chi connectivity index (χ1) is 10.6. The van der Waals surface area contributed by atoms with Crippen LogP contribution in [0.25, 0.3) is 6.08 Å². The standard InChI is InChI=1S/C18H16N2O2/c1-13-5-3-4-6-14(13)11-15(12-19)18(21)20-16-7-9-17(22-2)10-8-16/h3-11H,1-2H3,(H,20,21)/b15-11-. The van der Waals surface area contributed by atoms with Crippen LogP contribution < -0.4 is 10.1 Å². The molecule has 0 heterocycles. The molecule has 2 aromatic carbocycles. The van der Waals surface area contributed by atoms with Gasteiger partial charge in [0.1, 0.15) is 17.4 Å². The number of nitrogens with one attached hydrogen (secondary N) is 1. The Kier molecular flexibility index (Phi) is 4.94. The van der Waals surface area contributed by atoms with Gasteiger partial charge in [-0.1, -0.05) is 24.3 Å². The number of benzene rings is 2. The van der Waals surface area contributed by atoms with Crippen LogP contribution >= 0.6 is 0 Å². The molecule has 4 heteroatoms. The van der Waals surface area contributed by atoms with Gasteiger partial charge in [-0.2, -0.15) is 5.26 Å². The van der Waals surface area contributed by atoms with Crippen LogP contribution in [0, 0.1) is 18.3 Å². The van der Waals surface area contributed by atoms with E-state index in [0.29, 0.717) is 11.4 Å². The highest BCUT2D eigenvalue weighted by atomic mass is 16.5. The predicted octanol–water partition coefficient (Wildman–Crippen LogP) is 3.55. The van der Waals surface area contributed by atoms with Crippen LogP contribution in [0.5, 0.6) is 5.75 Å². The summed E-state index contributed by atoms with van der Waals surface area (Å²) in [5, 5.41) is 11.9. The summed E-state index contributed by atoms with van der Waals surface area (Å²) in [5.74, 6) is 0.268. The average Bonchev–Trinajstić information content (AvgIpc) is 2.54. The van der Waals surface area contributed by atoms with Crippen molar-refractivity contribution in [2.45, 2.75) is 6.92 Å². The van der Waals surface area contributed by atoms with Crippen molar-refractivity contribution in [3.63, 3.8) is 0 Å². The van der Waals surface area contributed by atoms with Crippen molar-refractivity contribution in [3.8, 4) is 11.8 Å². The van der Waals surface area contributed by atoms with Gasteiger partial charge in [0.05, 0.1) is 7.11 Å². The van der Waals surface area contributed by atoms with Crippen LogP contribution in [0.1, 0.15) is 11.1 Å². The van der Waals surface area contributed by atoms with Crippen LogP contribution in [0.2, 0.25) is 0 Å². The molecule has 22 heavy (non-hydrogen) atoms. The number of aryl methyl sites for hydroxylation is 1. The molecule has 4 nitrogen and oxygen atoms in total. The molecule has 110 valence electrons. The Labute approximate surface area is 129 Å². The lowest BCUT2D eigenvalue weighted by Crippen LogP contribution is -2.13. The molecule has 0 spiro atoms. The molecule has 0 aliphatic heterocycles. The third-order valence-electron chi connectivity index (χ3n) is 3.20. The number of hydrogen-bond acceptors (Lipinski definition) is 3. The first-order valence-electron chi connectivity index (χ1n) is 6.77. The summed E-state index contributed by atoms with van der Waals surface area (Å²) in [6, 6.07) is 16.5. The number of anilines is 1. The first-order valence-corrected chi connectivity index (χ1v) is 6.77. The van der Waals surface area contributed by atoms with E-state index in [2.05, 4.69) is 5.32 Å². The van der Waals surface area contributed by atoms with Crippen LogP contribution in [0.3, 0.4) is 0 Å². The fraction of sp³-hybridized carbons (Fsp3) is 0.111. The molecule has 2 rings (SSSR count). The summed E-state index contributed by atoms with van der Waals surface area (Å²) in [7, 11) is 1.58. The lowest BCUT2D eigenvalue weighted by Gasteiger charge is -2.06. The average molecular weight is 292 g/mol. The van der Waals surface area contributed by atoms with Crippen LogP contribution in [0.15, 0.2) is 54.1 Å². The van der Waals surface area contributed by atoms with Gasteiger partial charge < -0.3 is 10.1 Å². The van der Waals surface area contributed by atoms with E-state index in [1.165, 1.54) is 0 Å². The number of nitriles is 1. The summed E-state index contributed by atoms with van der Waals surface area (Å²) in [5.41, 5.74) is 2.53. The summed E-state index contributed by atoms with van der Waals surface area (Å²) in [4.78, 5) is 12.2. The Hall–Kier alpha value is -3.06. The number of hydrogen-bond donors (Lipinski definition) is 1. The van der Waals surface area contributed by atoms with E-state index >= 15 is 0 Å². The Morgan fingerprint density at radius 1 is 1.18 bits per heavy atom. The highest BCUT2D eigenvalue weighted by Gasteiger charge is 2.10. The van der Waals surface area contributed by atoms with Crippen molar-refractivity contribution in [1.29, 1.82) is 5.26 Å². The lowest BCUT2D eigenvalue weighted by atomic mass is 10.1. The highest BCUT2D eigenvalue weighted by molar-refractivity contribution is 6.09. The largest absolute Gasteiger partial charge is 0.497 e. The summed E-state index contributed by atoms with van der Waals surface area (Å²) in [6.45, 7) is 1.93. The summed E-state index contributed by atoms with van der Waals surface area (Å²) in [6.07, 6.45) is 1.59. The fourth-order valence-corrected chi connectivity index (χ4v) is 1.93. The number of carbonyl (C=O) groups is 1. The molecule has 0 fully saturated rings. The third-order valence-corrected chi connectivity index (χ3v) is 3.20. The maximum atomic E-state index is 12.2. The Morgan fingerprint density at radius 3 is 2.45 bits per heavy atom. The Bertz CT molecular complexity index is 740. The SMILES string of the molecule is COc1ccc(NC(=O)/C(C#N)=C\c2ccccc2C)cc1. The molecular formula is C18H16N2O2. The van der Waals surface area contributed by atoms with Crippen molar-refractivity contribution in [2.24, 2.45) is 0 Å². The molecule has 1 amide bonds. The Morgan fingerprint density at radius 2 is 1.86 bits per heavy atom. The van der Waals surface area contributed by atoms with Gasteiger partial charge in [0.25, 0.3) is 5.91 Å². The van der Waals surface area contributed by atoms with Gasteiger partial charge in [-0.05, 0) is 48.4 Å². The van der Waals surface area contributed by atoms with Crippen LogP contribution in [0.4, 0.5) is 5.69 Å². The van der Waals surface area contributed by atoms with Crippen molar-refractivity contribution in [3.05, 3.63) is 65.2 Å². The maximum Gasteiger partial charge on any atom is 0.266 e. The van der Waals surface area contributed by atoms with E-state index in [0.717, 1.165) is 11.1 Å². The molecule has 0 bridgehead atoms. The molecule has 0 aliphatic carbocycles. The zero-order valence-corrected chi connectivity index (χ0v) is 12.5. The molecule has 0 radical (unpaired) electrons. The van der Waals surface area contributed by atoms with Gasteiger partial charge in [-0.25, -0.2) is 0 Å². The summed E-state index contributed by atoms with van der Waals surface area (Å²) < 4.78 is 5.06. The van der Waals surface area contributed by atoms with Gasteiger partial charge in [-0.3, -0.25) is 4.79 Å². The van der Waals surface area contributed by atoms with Crippen molar-refractivity contribution < 1.29 is 9.53 Å². The zero-order chi connectivity index (χ0) is 15.9. The van der Waals surface area contributed by atoms with Gasteiger partial charge in [0.15, 0.2) is 0 Å². The second kappa shape index (κ2) is 7.09. The number of amides is 1. The van der Waals surface area contributed by atoms with Crippen LogP contribution in [-0.4, -0.2) is 13.0 Å². The predicted molar refractivity (Wildman–Crippen MR) is 86.4 cm³/mol. The first kappa shape index (κ1) is 15.3. The second-order valence-corrected chi connectivity index (χ2v) is 4.71. The minimum absolute atomic E-state index is 0.0603. The summed E-state index contributed by atoms with van der Waals surface area (Å²) >= 11 is 0. The monoisotopic (exact) mass is 292 g/mol. The van der Waals surface area contributed by atoms with E-state index in [-0.39, 0.29) is 5.57 Å². The number of ether oxygens (including phenoxy) is 1. The van der Waals surface area contributed by atoms with E-state index in [1.54, 1.807) is 37.5 Å². The number of carbonyl (C=O) groups excluding carboxylic acids is 1. The van der Waals surface area contributed by atoms with Crippen LogP contribution in [-0.2, 0) is 4.79 Å². The van der Waals surface area contributed by atoms with E-state index < -0.39 is 5.91 Å². The minimum atomic E-state index is -0.434. The molecule has 0 unspecified atom stereocenters. The molecule has 1 N–H and O–H groups in total. The normalized spacial score (nSPS) is 10.7. The van der Waals surface area contributed by atoms with Gasteiger partial charge in [0, 0.05) is 5.69 Å². The topological polar surface area (TPSA) is 62.1 Å². The highest BCUT2D eigenvalue weighted by Crippen LogP contribution is 2.17. The lowest BCUT2D eigenvalue weighted by molar-refractivity contribution is -0.112. The van der Waals surface area contributed by atoms with Gasteiger partial charge >= 0.3 is 0 Å². The van der Waals surface area contributed by atoms with E-state index in [1.807, 2.05) is 37.3 Å². The minimum Gasteiger partial charge on any atom is -0.497 e. The quantitative estimate of drug-likeness (QED) is 0.692. The van der Waals surface area contributed by atoms with E-state index in [4.69, 9.17) is 4.74 Å². The van der Waals surface area contributed by atoms with Crippen molar-refractivity contribution >= 4 is 17.7 Å². The molecule has 0 aliphatic rings. The second-order valence-electron chi connectivity index (χ2n) is 4.71. The van der Waals surface area contributed by atoms with Crippen molar-refractivity contribution in [1.82, 2.24) is 0 Å². The molecule has 0 saturated carbocycles. The maximum absolute atomic E-state index is 12.2. The Balaban J connectivity index is 2.19. The molecule has 0 atom stereocenters. The van der Waals surface area contributed by atoms with E-state index in [9.17, 15) is 10.1 Å². The molecule has 0 saturated heterocycles. The zero-order valence-electron chi connectivity index (χ0n) is 12.5. The number of rotatable bonds is 4. The number of methoxy groups -OCH3 is 1. The molecule has 2 aromatic rings. The van der Waals surface area contributed by atoms with Gasteiger partial charge in [0.2, 0.25) is 0 Å². The van der Waals surface area contributed by atoms with Crippen molar-refractivity contribution in [2.75, 3.05) is 12.4 Å². The van der Waals surface area contributed by atoms with Gasteiger partial charge in [-0.15, -0.1) is 0 Å².